The average molecular weight is 453 g/mol. The zero-order valence-corrected chi connectivity index (χ0v) is 17.3. The summed E-state index contributed by atoms with van der Waals surface area (Å²) in [4.78, 5) is 27.1. The van der Waals surface area contributed by atoms with Crippen LogP contribution in [0.25, 0.3) is 5.76 Å². The van der Waals surface area contributed by atoms with Crippen molar-refractivity contribution in [2.75, 3.05) is 12.0 Å². The third-order valence-corrected chi connectivity index (χ3v) is 5.37. The lowest BCUT2D eigenvalue weighted by Crippen LogP contribution is -2.29. The fourth-order valence-electron chi connectivity index (χ4n) is 3.78. The highest BCUT2D eigenvalue weighted by Crippen LogP contribution is 2.43. The van der Waals surface area contributed by atoms with Gasteiger partial charge in [-0.3, -0.25) is 14.5 Å². The number of hydrogen-bond acceptors (Lipinski definition) is 4. The van der Waals surface area contributed by atoms with E-state index in [0.29, 0.717) is 16.9 Å². The van der Waals surface area contributed by atoms with Crippen LogP contribution >= 0.6 is 0 Å². The first-order valence-electron chi connectivity index (χ1n) is 9.90. The van der Waals surface area contributed by atoms with Gasteiger partial charge in [0.1, 0.15) is 11.5 Å². The van der Waals surface area contributed by atoms with Crippen LogP contribution in [-0.4, -0.2) is 23.9 Å². The van der Waals surface area contributed by atoms with Crippen LogP contribution in [0.3, 0.4) is 0 Å². The van der Waals surface area contributed by atoms with Crippen molar-refractivity contribution in [1.82, 2.24) is 0 Å². The molecule has 0 radical (unpaired) electrons. The lowest BCUT2D eigenvalue weighted by Gasteiger charge is -2.26. The molecule has 0 aromatic heterocycles. The monoisotopic (exact) mass is 453 g/mol. The van der Waals surface area contributed by atoms with Crippen LogP contribution in [0.2, 0.25) is 0 Å². The minimum atomic E-state index is -4.64. The molecule has 0 spiro atoms. The topological polar surface area (TPSA) is 66.8 Å². The van der Waals surface area contributed by atoms with Crippen molar-refractivity contribution in [1.29, 1.82) is 0 Å². The number of halogens is 3. The summed E-state index contributed by atoms with van der Waals surface area (Å²) in [6.45, 7) is 0. The molecule has 3 aromatic rings. The number of ether oxygens (including phenoxy) is 1. The summed E-state index contributed by atoms with van der Waals surface area (Å²) < 4.78 is 45.1. The van der Waals surface area contributed by atoms with Gasteiger partial charge in [0.25, 0.3) is 11.7 Å². The highest BCUT2D eigenvalue weighted by Gasteiger charge is 2.47. The number of amides is 1. The smallest absolute Gasteiger partial charge is 0.416 e. The van der Waals surface area contributed by atoms with E-state index in [-0.39, 0.29) is 11.3 Å². The van der Waals surface area contributed by atoms with Gasteiger partial charge >= 0.3 is 6.18 Å². The van der Waals surface area contributed by atoms with E-state index in [1.807, 2.05) is 0 Å². The van der Waals surface area contributed by atoms with Crippen LogP contribution in [0.15, 0.2) is 84.4 Å². The number of carbonyl (C=O) groups is 2. The Kier molecular flexibility index (Phi) is 5.68. The summed E-state index contributed by atoms with van der Waals surface area (Å²) in [6.07, 6.45) is -4.64. The fraction of sp³-hybridized carbons (Fsp3) is 0.120. The summed E-state index contributed by atoms with van der Waals surface area (Å²) >= 11 is 0. The van der Waals surface area contributed by atoms with Crippen molar-refractivity contribution >= 4 is 23.1 Å². The molecule has 1 heterocycles. The van der Waals surface area contributed by atoms with Crippen molar-refractivity contribution in [2.45, 2.75) is 12.2 Å². The van der Waals surface area contributed by atoms with Crippen LogP contribution in [0.5, 0.6) is 5.75 Å². The van der Waals surface area contributed by atoms with Gasteiger partial charge in [0.05, 0.1) is 24.3 Å². The molecule has 0 aliphatic carbocycles. The molecule has 1 amide bonds. The number of hydrogen-bond donors (Lipinski definition) is 1. The van der Waals surface area contributed by atoms with Crippen molar-refractivity contribution in [3.8, 4) is 5.75 Å². The third kappa shape index (κ3) is 4.07. The van der Waals surface area contributed by atoms with Crippen molar-refractivity contribution in [3.63, 3.8) is 0 Å². The SMILES string of the molecule is COc1ccc([C@H]2C(=C(O)c3ccccc3)C(=O)C(=O)N2c2cccc(C(F)(F)F)c2)cc1. The van der Waals surface area contributed by atoms with E-state index in [1.165, 1.54) is 19.2 Å². The number of nitrogens with zero attached hydrogens (tertiary/aromatic N) is 1. The molecular formula is C25H18F3NO4. The van der Waals surface area contributed by atoms with E-state index in [9.17, 15) is 27.9 Å². The molecule has 0 unspecified atom stereocenters. The second-order valence-corrected chi connectivity index (χ2v) is 7.36. The summed E-state index contributed by atoms with van der Waals surface area (Å²) in [7, 11) is 1.47. The molecule has 3 aromatic carbocycles. The first-order valence-corrected chi connectivity index (χ1v) is 9.90. The van der Waals surface area contributed by atoms with Gasteiger partial charge in [-0.25, -0.2) is 0 Å². The van der Waals surface area contributed by atoms with Gasteiger partial charge < -0.3 is 9.84 Å². The van der Waals surface area contributed by atoms with Gasteiger partial charge in [-0.1, -0.05) is 48.5 Å². The maximum Gasteiger partial charge on any atom is 0.416 e. The molecule has 1 atom stereocenters. The zero-order chi connectivity index (χ0) is 23.8. The van der Waals surface area contributed by atoms with E-state index >= 15 is 0 Å². The second-order valence-electron chi connectivity index (χ2n) is 7.36. The lowest BCUT2D eigenvalue weighted by atomic mass is 9.95. The van der Waals surface area contributed by atoms with Gasteiger partial charge in [-0.2, -0.15) is 13.2 Å². The number of aliphatic hydroxyl groups is 1. The minimum Gasteiger partial charge on any atom is -0.507 e. The van der Waals surface area contributed by atoms with Crippen molar-refractivity contribution in [3.05, 3.63) is 101 Å². The molecule has 0 bridgehead atoms. The Balaban J connectivity index is 1.94. The van der Waals surface area contributed by atoms with Crippen LogP contribution in [0.1, 0.15) is 22.7 Å². The summed E-state index contributed by atoms with van der Waals surface area (Å²) in [5.41, 5.74) is -0.560. The second kappa shape index (κ2) is 8.46. The molecule has 5 nitrogen and oxygen atoms in total. The Bertz CT molecular complexity index is 1230. The first-order chi connectivity index (χ1) is 15.7. The number of benzene rings is 3. The Morgan fingerprint density at radius 3 is 2.21 bits per heavy atom. The maximum atomic E-state index is 13.3. The molecule has 1 aliphatic heterocycles. The molecular weight excluding hydrogens is 435 g/mol. The first kappa shape index (κ1) is 22.1. The summed E-state index contributed by atoms with van der Waals surface area (Å²) in [5.74, 6) is -1.93. The Hall–Kier alpha value is -4.07. The van der Waals surface area contributed by atoms with Crippen LogP contribution in [0.4, 0.5) is 18.9 Å². The number of Topliss-reactive ketones (excluding diaryl/α,β-unsaturated/α-hetero) is 1. The normalized spacial score (nSPS) is 17.9. The Morgan fingerprint density at radius 2 is 1.61 bits per heavy atom. The van der Waals surface area contributed by atoms with Crippen LogP contribution in [-0.2, 0) is 15.8 Å². The molecule has 1 saturated heterocycles. The number of aliphatic hydroxyl groups excluding tert-OH is 1. The Labute approximate surface area is 187 Å². The standard InChI is InChI=1S/C25H18F3NO4/c1-33-19-12-10-15(11-13-19)21-20(22(30)16-6-3-2-4-7-16)23(31)24(32)29(21)18-9-5-8-17(14-18)25(26,27)28/h2-14,21,30H,1H3/t21-/m0/s1. The molecule has 1 fully saturated rings. The Morgan fingerprint density at radius 1 is 0.939 bits per heavy atom. The van der Waals surface area contributed by atoms with Gasteiger partial charge in [0, 0.05) is 11.3 Å². The van der Waals surface area contributed by atoms with Gasteiger partial charge in [-0.15, -0.1) is 0 Å². The number of rotatable bonds is 4. The van der Waals surface area contributed by atoms with Crippen LogP contribution in [0, 0.1) is 0 Å². The molecule has 4 rings (SSSR count). The predicted molar refractivity (Wildman–Crippen MR) is 116 cm³/mol. The maximum absolute atomic E-state index is 13.3. The van der Waals surface area contributed by atoms with E-state index in [4.69, 9.17) is 4.74 Å². The minimum absolute atomic E-state index is 0.111. The van der Waals surface area contributed by atoms with E-state index in [0.717, 1.165) is 17.0 Å². The van der Waals surface area contributed by atoms with Gasteiger partial charge in [-0.05, 0) is 35.9 Å². The van der Waals surface area contributed by atoms with E-state index < -0.39 is 35.2 Å². The highest BCUT2D eigenvalue weighted by molar-refractivity contribution is 6.51. The van der Waals surface area contributed by atoms with Crippen molar-refractivity contribution in [2.24, 2.45) is 0 Å². The summed E-state index contributed by atoms with van der Waals surface area (Å²) in [5, 5.41) is 11.0. The molecule has 33 heavy (non-hydrogen) atoms. The van der Waals surface area contributed by atoms with Gasteiger partial charge in [0.15, 0.2) is 0 Å². The van der Waals surface area contributed by atoms with Crippen LogP contribution < -0.4 is 9.64 Å². The number of carbonyl (C=O) groups excluding carboxylic acids is 2. The number of ketones is 1. The third-order valence-electron chi connectivity index (χ3n) is 5.37. The lowest BCUT2D eigenvalue weighted by molar-refractivity contribution is -0.137. The number of anilines is 1. The fourth-order valence-corrected chi connectivity index (χ4v) is 3.78. The number of methoxy groups -OCH3 is 1. The average Bonchev–Trinajstić information content (AvgIpc) is 3.09. The molecule has 168 valence electrons. The highest BCUT2D eigenvalue weighted by atomic mass is 19.4. The predicted octanol–water partition coefficient (Wildman–Crippen LogP) is 5.34. The summed E-state index contributed by atoms with van der Waals surface area (Å²) in [6, 6.07) is 17.6. The molecule has 0 saturated carbocycles. The quantitative estimate of drug-likeness (QED) is 0.329. The van der Waals surface area contributed by atoms with Crippen molar-refractivity contribution < 1.29 is 32.6 Å². The molecule has 1 aliphatic rings. The van der Waals surface area contributed by atoms with E-state index in [1.54, 1.807) is 54.6 Å². The largest absolute Gasteiger partial charge is 0.507 e. The number of alkyl halides is 3. The molecule has 1 N–H and O–H groups in total. The molecule has 8 heteroatoms. The van der Waals surface area contributed by atoms with E-state index in [2.05, 4.69) is 0 Å². The van der Waals surface area contributed by atoms with Gasteiger partial charge in [0.2, 0.25) is 0 Å². The zero-order valence-electron chi connectivity index (χ0n) is 17.3.